The van der Waals surface area contributed by atoms with E-state index in [9.17, 15) is 4.79 Å². The molecule has 1 aliphatic rings. The van der Waals surface area contributed by atoms with Crippen LogP contribution in [-0.4, -0.2) is 9.38 Å². The molecule has 0 aliphatic heterocycles. The third-order valence-electron chi connectivity index (χ3n) is 6.17. The first kappa shape index (κ1) is 14.4. The van der Waals surface area contributed by atoms with Crippen molar-refractivity contribution in [2.45, 2.75) is 6.42 Å². The van der Waals surface area contributed by atoms with Gasteiger partial charge in [0.25, 0.3) is 5.56 Å². The molecule has 0 radical (unpaired) electrons. The summed E-state index contributed by atoms with van der Waals surface area (Å²) in [5.74, 6) is 0. The Morgan fingerprint density at radius 2 is 1.54 bits per heavy atom. The van der Waals surface area contributed by atoms with Crippen LogP contribution < -0.4 is 5.56 Å². The van der Waals surface area contributed by atoms with Crippen molar-refractivity contribution in [3.8, 4) is 11.1 Å². The summed E-state index contributed by atoms with van der Waals surface area (Å²) in [7, 11) is 0. The minimum absolute atomic E-state index is 0.0127. The second-order valence-electron chi connectivity index (χ2n) is 7.58. The van der Waals surface area contributed by atoms with E-state index in [-0.39, 0.29) is 5.56 Å². The number of aromatic nitrogens is 2. The lowest BCUT2D eigenvalue weighted by atomic mass is 9.82. The zero-order valence-electron chi connectivity index (χ0n) is 14.9. The normalized spacial score (nSPS) is 13.0. The number of imidazole rings is 1. The molecule has 2 heterocycles. The van der Waals surface area contributed by atoms with E-state index in [1.54, 1.807) is 4.40 Å². The molecule has 0 bridgehead atoms. The van der Waals surface area contributed by atoms with Crippen LogP contribution in [0.25, 0.3) is 49.4 Å². The molecule has 0 unspecified atom stereocenters. The third kappa shape index (κ3) is 1.57. The fraction of sp³-hybridized carbons (Fsp3) is 0.0400. The summed E-state index contributed by atoms with van der Waals surface area (Å²) < 4.78 is 1.77. The highest BCUT2D eigenvalue weighted by atomic mass is 16.1. The Bertz CT molecular complexity index is 1660. The molecule has 0 atom stereocenters. The fourth-order valence-electron chi connectivity index (χ4n) is 4.98. The van der Waals surface area contributed by atoms with Crippen LogP contribution in [0.4, 0.5) is 0 Å². The van der Waals surface area contributed by atoms with Gasteiger partial charge in [0.2, 0.25) is 0 Å². The summed E-state index contributed by atoms with van der Waals surface area (Å²) in [5, 5.41) is 4.08. The minimum atomic E-state index is 0.0127. The molecule has 1 aliphatic carbocycles. The van der Waals surface area contributed by atoms with Crippen molar-refractivity contribution in [1.29, 1.82) is 0 Å². The molecule has 0 fully saturated rings. The van der Waals surface area contributed by atoms with E-state index in [4.69, 9.17) is 4.98 Å². The van der Waals surface area contributed by atoms with Gasteiger partial charge in [-0.05, 0) is 58.3 Å². The maximum atomic E-state index is 13.5. The molecular weight excluding hydrogens is 344 g/mol. The standard InChI is InChI=1S/C25H14N2O/c28-25-19-10-9-15-13-14-5-1-2-6-16(14)17-11-12-18(23(19)22(15)17)24-26-20-7-3-4-8-21(20)27(24)25/h1-12H,13H2. The Hall–Kier alpha value is -3.72. The van der Waals surface area contributed by atoms with Crippen LogP contribution in [0.5, 0.6) is 0 Å². The van der Waals surface area contributed by atoms with Crippen LogP contribution in [0.15, 0.2) is 77.6 Å². The van der Waals surface area contributed by atoms with Crippen molar-refractivity contribution in [2.24, 2.45) is 0 Å². The van der Waals surface area contributed by atoms with Crippen LogP contribution >= 0.6 is 0 Å². The lowest BCUT2D eigenvalue weighted by molar-refractivity contribution is 1.18. The predicted octanol–water partition coefficient (Wildman–Crippen LogP) is 5.16. The topological polar surface area (TPSA) is 34.4 Å². The van der Waals surface area contributed by atoms with Gasteiger partial charge in [-0.1, -0.05) is 48.5 Å². The van der Waals surface area contributed by atoms with Crippen molar-refractivity contribution >= 4 is 38.2 Å². The van der Waals surface area contributed by atoms with Crippen molar-refractivity contribution in [1.82, 2.24) is 9.38 Å². The Morgan fingerprint density at radius 1 is 0.714 bits per heavy atom. The van der Waals surface area contributed by atoms with Gasteiger partial charge in [-0.3, -0.25) is 9.20 Å². The molecule has 4 aromatic carbocycles. The van der Waals surface area contributed by atoms with Gasteiger partial charge in [0, 0.05) is 16.2 Å². The highest BCUT2D eigenvalue weighted by Gasteiger charge is 2.23. The quantitative estimate of drug-likeness (QED) is 0.375. The first-order valence-corrected chi connectivity index (χ1v) is 9.51. The lowest BCUT2D eigenvalue weighted by Gasteiger charge is -2.22. The van der Waals surface area contributed by atoms with Crippen molar-refractivity contribution < 1.29 is 0 Å². The monoisotopic (exact) mass is 358 g/mol. The van der Waals surface area contributed by atoms with Gasteiger partial charge < -0.3 is 0 Å². The molecular formula is C25H14N2O. The highest BCUT2D eigenvalue weighted by Crippen LogP contribution is 2.43. The van der Waals surface area contributed by atoms with E-state index in [0.717, 1.165) is 39.3 Å². The highest BCUT2D eigenvalue weighted by molar-refractivity contribution is 6.21. The van der Waals surface area contributed by atoms with Crippen molar-refractivity contribution in [3.05, 3.63) is 94.3 Å². The van der Waals surface area contributed by atoms with E-state index in [0.29, 0.717) is 0 Å². The average Bonchev–Trinajstić information content (AvgIpc) is 3.13. The van der Waals surface area contributed by atoms with Crippen LogP contribution in [-0.2, 0) is 6.42 Å². The lowest BCUT2D eigenvalue weighted by Crippen LogP contribution is -2.14. The number of nitrogens with zero attached hydrogens (tertiary/aromatic N) is 2. The molecule has 0 saturated heterocycles. The van der Waals surface area contributed by atoms with Gasteiger partial charge in [-0.25, -0.2) is 4.98 Å². The summed E-state index contributed by atoms with van der Waals surface area (Å²) in [6.45, 7) is 0. The second kappa shape index (κ2) is 4.76. The SMILES string of the molecule is O=c1c2ccc3c4c(ccc(c42)c2nc4ccccc4n12)-c1ccccc1C3. The maximum Gasteiger partial charge on any atom is 0.264 e. The molecule has 0 spiro atoms. The largest absolute Gasteiger partial charge is 0.268 e. The number of fused-ring (bicyclic) bond motifs is 6. The summed E-state index contributed by atoms with van der Waals surface area (Å²) in [6, 6.07) is 24.9. The zero-order chi connectivity index (χ0) is 18.4. The summed E-state index contributed by atoms with van der Waals surface area (Å²) in [6.07, 6.45) is 0.897. The van der Waals surface area contributed by atoms with E-state index in [1.165, 1.54) is 27.6 Å². The Balaban J connectivity index is 1.79. The maximum absolute atomic E-state index is 13.5. The van der Waals surface area contributed by atoms with Crippen LogP contribution in [0.3, 0.4) is 0 Å². The predicted molar refractivity (Wildman–Crippen MR) is 113 cm³/mol. The van der Waals surface area contributed by atoms with Gasteiger partial charge in [-0.15, -0.1) is 0 Å². The summed E-state index contributed by atoms with van der Waals surface area (Å²) in [5.41, 5.74) is 7.60. The van der Waals surface area contributed by atoms with Crippen molar-refractivity contribution in [3.63, 3.8) is 0 Å². The average molecular weight is 358 g/mol. The van der Waals surface area contributed by atoms with Crippen molar-refractivity contribution in [2.75, 3.05) is 0 Å². The number of hydrogen-bond acceptors (Lipinski definition) is 2. The number of pyridine rings is 1. The van der Waals surface area contributed by atoms with Gasteiger partial charge in [0.05, 0.1) is 11.0 Å². The molecule has 3 nitrogen and oxygen atoms in total. The Kier molecular flexibility index (Phi) is 2.44. The number of hydrogen-bond donors (Lipinski definition) is 0. The van der Waals surface area contributed by atoms with Gasteiger partial charge in [-0.2, -0.15) is 0 Å². The first-order chi connectivity index (χ1) is 13.8. The second-order valence-corrected chi connectivity index (χ2v) is 7.58. The molecule has 6 aromatic rings. The Labute approximate surface area is 159 Å². The molecule has 7 rings (SSSR count). The van der Waals surface area contributed by atoms with Crippen LogP contribution in [0.2, 0.25) is 0 Å². The molecule has 0 amide bonds. The number of benzene rings is 4. The zero-order valence-corrected chi connectivity index (χ0v) is 14.9. The minimum Gasteiger partial charge on any atom is -0.268 e. The molecule has 2 aromatic heterocycles. The van der Waals surface area contributed by atoms with Gasteiger partial charge in [0.1, 0.15) is 5.65 Å². The number of para-hydroxylation sites is 2. The van der Waals surface area contributed by atoms with E-state index in [1.807, 2.05) is 30.3 Å². The van der Waals surface area contributed by atoms with Crippen LogP contribution in [0, 0.1) is 0 Å². The molecule has 130 valence electrons. The van der Waals surface area contributed by atoms with E-state index < -0.39 is 0 Å². The smallest absolute Gasteiger partial charge is 0.264 e. The summed E-state index contributed by atoms with van der Waals surface area (Å²) in [4.78, 5) is 18.3. The molecule has 0 saturated carbocycles. The Morgan fingerprint density at radius 3 is 2.50 bits per heavy atom. The van der Waals surface area contributed by atoms with Gasteiger partial charge >= 0.3 is 0 Å². The summed E-state index contributed by atoms with van der Waals surface area (Å²) >= 11 is 0. The third-order valence-corrected chi connectivity index (χ3v) is 6.17. The molecule has 3 heteroatoms. The number of rotatable bonds is 0. The molecule has 28 heavy (non-hydrogen) atoms. The van der Waals surface area contributed by atoms with Gasteiger partial charge in [0.15, 0.2) is 0 Å². The van der Waals surface area contributed by atoms with E-state index in [2.05, 4.69) is 42.5 Å². The fourth-order valence-corrected chi connectivity index (χ4v) is 4.98. The molecule has 0 N–H and O–H groups in total. The first-order valence-electron chi connectivity index (χ1n) is 9.51. The van der Waals surface area contributed by atoms with Crippen LogP contribution in [0.1, 0.15) is 11.1 Å². The van der Waals surface area contributed by atoms with E-state index >= 15 is 0 Å².